The van der Waals surface area contributed by atoms with E-state index in [0.717, 1.165) is 6.42 Å². The molecule has 2 N–H and O–H groups in total. The van der Waals surface area contributed by atoms with Crippen LogP contribution in [0.5, 0.6) is 0 Å². The van der Waals surface area contributed by atoms with Gasteiger partial charge in [0.2, 0.25) is 0 Å². The van der Waals surface area contributed by atoms with Gasteiger partial charge in [-0.25, -0.2) is 5.90 Å². The van der Waals surface area contributed by atoms with E-state index in [9.17, 15) is 0 Å². The monoisotopic (exact) mass is 283 g/mol. The maximum absolute atomic E-state index is 4.98. The fraction of sp³-hybridized carbons (Fsp3) is 0.889. The van der Waals surface area contributed by atoms with Crippen LogP contribution in [0.2, 0.25) is 0 Å². The van der Waals surface area contributed by atoms with E-state index in [4.69, 9.17) is 5.90 Å². The van der Waals surface area contributed by atoms with Crippen molar-refractivity contribution in [2.24, 2.45) is 5.90 Å². The van der Waals surface area contributed by atoms with Crippen molar-refractivity contribution in [2.45, 2.75) is 96.8 Å². The molecule has 2 heteroatoms. The molecule has 0 aliphatic heterocycles. The van der Waals surface area contributed by atoms with Crippen molar-refractivity contribution in [1.82, 2.24) is 0 Å². The molecule has 0 saturated carbocycles. The van der Waals surface area contributed by atoms with Crippen molar-refractivity contribution in [1.29, 1.82) is 0 Å². The molecule has 0 spiro atoms. The number of allylic oxidation sites excluding steroid dienone is 2. The molecule has 0 bridgehead atoms. The molecule has 0 aliphatic rings. The van der Waals surface area contributed by atoms with Gasteiger partial charge in [-0.1, -0.05) is 76.9 Å². The summed E-state index contributed by atoms with van der Waals surface area (Å²) >= 11 is 0. The van der Waals surface area contributed by atoms with Gasteiger partial charge >= 0.3 is 0 Å². The molecule has 0 aliphatic carbocycles. The molecule has 0 atom stereocenters. The van der Waals surface area contributed by atoms with Crippen molar-refractivity contribution in [3.63, 3.8) is 0 Å². The van der Waals surface area contributed by atoms with E-state index in [1.807, 2.05) is 0 Å². The molecule has 0 unspecified atom stereocenters. The van der Waals surface area contributed by atoms with E-state index in [2.05, 4.69) is 23.9 Å². The van der Waals surface area contributed by atoms with Crippen LogP contribution < -0.4 is 5.90 Å². The zero-order chi connectivity index (χ0) is 14.7. The molecular formula is C18H37NO. The highest BCUT2D eigenvalue weighted by atomic mass is 16.6. The van der Waals surface area contributed by atoms with Gasteiger partial charge in [-0.3, -0.25) is 0 Å². The third kappa shape index (κ3) is 17.7. The van der Waals surface area contributed by atoms with Gasteiger partial charge in [0.1, 0.15) is 0 Å². The van der Waals surface area contributed by atoms with Gasteiger partial charge in [0, 0.05) is 0 Å². The largest absolute Gasteiger partial charge is 0.305 e. The van der Waals surface area contributed by atoms with E-state index in [-0.39, 0.29) is 0 Å². The first kappa shape index (κ1) is 19.7. The summed E-state index contributed by atoms with van der Waals surface area (Å²) in [5.41, 5.74) is 0. The van der Waals surface area contributed by atoms with E-state index < -0.39 is 0 Å². The van der Waals surface area contributed by atoms with Gasteiger partial charge in [-0.15, -0.1) is 0 Å². The Kier molecular flexibility index (Phi) is 18.3. The third-order valence-electron chi connectivity index (χ3n) is 3.77. The Labute approximate surface area is 127 Å². The Balaban J connectivity index is 3.01. The smallest absolute Gasteiger partial charge is 0.0679 e. The van der Waals surface area contributed by atoms with Gasteiger partial charge in [0.15, 0.2) is 0 Å². The van der Waals surface area contributed by atoms with Crippen molar-refractivity contribution < 1.29 is 4.84 Å². The van der Waals surface area contributed by atoms with Gasteiger partial charge in [-0.05, 0) is 32.1 Å². The molecule has 2 nitrogen and oxygen atoms in total. The zero-order valence-corrected chi connectivity index (χ0v) is 13.7. The minimum Gasteiger partial charge on any atom is -0.305 e. The average Bonchev–Trinajstić information content (AvgIpc) is 2.47. The standard InChI is InChI=1S/C18H37NO/c1-2-3-4-5-6-7-8-9-10-11-12-13-14-15-16-17-18-20-19/h9-10H,2-8,11-19H2,1H3. The van der Waals surface area contributed by atoms with Crippen LogP contribution in [0.4, 0.5) is 0 Å². The molecule has 0 aromatic carbocycles. The molecule has 0 rings (SSSR count). The van der Waals surface area contributed by atoms with Crippen LogP contribution >= 0.6 is 0 Å². The summed E-state index contributed by atoms with van der Waals surface area (Å²) < 4.78 is 0. The summed E-state index contributed by atoms with van der Waals surface area (Å²) in [6.45, 7) is 2.98. The summed E-state index contributed by atoms with van der Waals surface area (Å²) in [4.78, 5) is 4.55. The van der Waals surface area contributed by atoms with Crippen molar-refractivity contribution in [3.05, 3.63) is 12.2 Å². The number of unbranched alkanes of at least 4 members (excludes halogenated alkanes) is 12. The highest BCUT2D eigenvalue weighted by Gasteiger charge is 1.91. The lowest BCUT2D eigenvalue weighted by Gasteiger charge is -2.00. The Morgan fingerprint density at radius 3 is 1.60 bits per heavy atom. The number of hydrogen-bond donors (Lipinski definition) is 1. The fourth-order valence-corrected chi connectivity index (χ4v) is 2.43. The average molecular weight is 283 g/mol. The molecule has 0 aromatic rings. The first-order valence-electron chi connectivity index (χ1n) is 8.88. The fourth-order valence-electron chi connectivity index (χ4n) is 2.43. The minimum absolute atomic E-state index is 0.710. The third-order valence-corrected chi connectivity index (χ3v) is 3.77. The van der Waals surface area contributed by atoms with Crippen LogP contribution in [0.1, 0.15) is 96.8 Å². The van der Waals surface area contributed by atoms with Crippen LogP contribution in [-0.2, 0) is 4.84 Å². The van der Waals surface area contributed by atoms with Gasteiger partial charge in [-0.2, -0.15) is 0 Å². The number of rotatable bonds is 16. The predicted molar refractivity (Wildman–Crippen MR) is 89.6 cm³/mol. The Hall–Kier alpha value is -0.340. The molecule has 0 aromatic heterocycles. The van der Waals surface area contributed by atoms with Gasteiger partial charge in [0.05, 0.1) is 6.61 Å². The topological polar surface area (TPSA) is 35.2 Å². The predicted octanol–water partition coefficient (Wildman–Crippen LogP) is 5.91. The Morgan fingerprint density at radius 1 is 0.650 bits per heavy atom. The van der Waals surface area contributed by atoms with Crippen molar-refractivity contribution >= 4 is 0 Å². The molecule has 0 radical (unpaired) electrons. The van der Waals surface area contributed by atoms with Crippen LogP contribution in [0.3, 0.4) is 0 Å². The molecule has 0 amide bonds. The highest BCUT2D eigenvalue weighted by molar-refractivity contribution is 4.81. The lowest BCUT2D eigenvalue weighted by atomic mass is 10.1. The van der Waals surface area contributed by atoms with Crippen LogP contribution in [0, 0.1) is 0 Å². The SMILES string of the molecule is CCCCCCCCC=CCCCCCCCCON. The van der Waals surface area contributed by atoms with E-state index in [1.54, 1.807) is 0 Å². The first-order chi connectivity index (χ1) is 9.91. The van der Waals surface area contributed by atoms with E-state index in [0.29, 0.717) is 6.61 Å². The maximum atomic E-state index is 4.98. The van der Waals surface area contributed by atoms with Gasteiger partial charge < -0.3 is 4.84 Å². The lowest BCUT2D eigenvalue weighted by Crippen LogP contribution is -2.00. The molecule has 120 valence electrons. The number of nitrogens with two attached hydrogens (primary N) is 1. The minimum atomic E-state index is 0.710. The Bertz CT molecular complexity index is 192. The van der Waals surface area contributed by atoms with Crippen LogP contribution in [-0.4, -0.2) is 6.61 Å². The van der Waals surface area contributed by atoms with E-state index >= 15 is 0 Å². The summed E-state index contributed by atoms with van der Waals surface area (Å²) in [6.07, 6.45) is 23.5. The second-order valence-corrected chi connectivity index (χ2v) is 5.81. The highest BCUT2D eigenvalue weighted by Crippen LogP contribution is 2.09. The van der Waals surface area contributed by atoms with Crippen molar-refractivity contribution in [2.75, 3.05) is 6.61 Å². The Morgan fingerprint density at radius 2 is 1.10 bits per heavy atom. The van der Waals surface area contributed by atoms with Crippen LogP contribution in [0.25, 0.3) is 0 Å². The summed E-state index contributed by atoms with van der Waals surface area (Å²) in [7, 11) is 0. The maximum Gasteiger partial charge on any atom is 0.0679 e. The number of hydrogen-bond acceptors (Lipinski definition) is 2. The van der Waals surface area contributed by atoms with E-state index in [1.165, 1.54) is 83.5 Å². The summed E-state index contributed by atoms with van der Waals surface area (Å²) in [5.74, 6) is 4.98. The zero-order valence-electron chi connectivity index (χ0n) is 13.7. The molecule has 0 saturated heterocycles. The summed E-state index contributed by atoms with van der Waals surface area (Å²) in [6, 6.07) is 0. The van der Waals surface area contributed by atoms with Crippen molar-refractivity contribution in [3.8, 4) is 0 Å². The molecule has 0 heterocycles. The second-order valence-electron chi connectivity index (χ2n) is 5.81. The van der Waals surface area contributed by atoms with Crippen LogP contribution in [0.15, 0.2) is 12.2 Å². The molecule has 0 fully saturated rings. The lowest BCUT2D eigenvalue weighted by molar-refractivity contribution is 0.133. The molecule has 20 heavy (non-hydrogen) atoms. The summed E-state index contributed by atoms with van der Waals surface area (Å²) in [5, 5.41) is 0. The van der Waals surface area contributed by atoms with Gasteiger partial charge in [0.25, 0.3) is 0 Å². The second kappa shape index (κ2) is 18.7. The molecular weight excluding hydrogens is 246 g/mol. The first-order valence-corrected chi connectivity index (χ1v) is 8.88. The quantitative estimate of drug-likeness (QED) is 0.217. The normalized spacial score (nSPS) is 11.5.